The molecule has 3 aromatic carbocycles. The minimum absolute atomic E-state index is 0.975. The summed E-state index contributed by atoms with van der Waals surface area (Å²) in [5, 5.41) is 2.44. The summed E-state index contributed by atoms with van der Waals surface area (Å²) in [7, 11) is 0. The van der Waals surface area contributed by atoms with Crippen LogP contribution in [0.3, 0.4) is 0 Å². The van der Waals surface area contributed by atoms with E-state index < -0.39 is 0 Å². The zero-order valence-corrected chi connectivity index (χ0v) is 10.9. The highest BCUT2D eigenvalue weighted by molar-refractivity contribution is 6.08. The third kappa shape index (κ3) is 1.17. The number of rotatable bonds is 0. The molecular weight excluding hydrogens is 244 g/mol. The van der Waals surface area contributed by atoms with E-state index in [2.05, 4.69) is 48.5 Å². The first-order chi connectivity index (χ1) is 9.92. The quantitative estimate of drug-likeness (QED) is 0.373. The summed E-state index contributed by atoms with van der Waals surface area (Å²) in [4.78, 5) is 0. The fraction of sp³-hybridized carbons (Fsp3) is 0.0526. The molecule has 1 aliphatic rings. The van der Waals surface area contributed by atoms with Crippen molar-refractivity contribution in [3.05, 3.63) is 71.8 Å². The summed E-state index contributed by atoms with van der Waals surface area (Å²) in [6.45, 7) is 0. The van der Waals surface area contributed by atoms with Crippen LogP contribution in [0.5, 0.6) is 0 Å². The molecule has 0 fully saturated rings. The first kappa shape index (κ1) is 10.3. The van der Waals surface area contributed by atoms with Crippen molar-refractivity contribution in [3.8, 4) is 11.1 Å². The van der Waals surface area contributed by atoms with Gasteiger partial charge in [-0.25, -0.2) is 0 Å². The second kappa shape index (κ2) is 3.51. The Morgan fingerprint density at radius 3 is 2.55 bits per heavy atom. The van der Waals surface area contributed by atoms with E-state index in [4.69, 9.17) is 4.42 Å². The first-order valence-corrected chi connectivity index (χ1v) is 6.93. The van der Waals surface area contributed by atoms with Crippen LogP contribution in [0.2, 0.25) is 0 Å². The van der Waals surface area contributed by atoms with Gasteiger partial charge in [0.25, 0.3) is 0 Å². The molecular formula is C19H12O. The molecule has 0 aliphatic heterocycles. The predicted molar refractivity (Wildman–Crippen MR) is 82.0 cm³/mol. The maximum absolute atomic E-state index is 6.13. The van der Waals surface area contributed by atoms with Gasteiger partial charge in [-0.15, -0.1) is 0 Å². The van der Waals surface area contributed by atoms with Gasteiger partial charge in [-0.2, -0.15) is 0 Å². The number of hydrogen-bond acceptors (Lipinski definition) is 1. The van der Waals surface area contributed by atoms with Crippen molar-refractivity contribution in [1.82, 2.24) is 0 Å². The molecule has 0 unspecified atom stereocenters. The van der Waals surface area contributed by atoms with Gasteiger partial charge in [-0.1, -0.05) is 48.5 Å². The number of furan rings is 1. The zero-order chi connectivity index (χ0) is 13.1. The molecule has 94 valence electrons. The Bertz CT molecular complexity index is 976. The maximum atomic E-state index is 6.13. The second-order valence-electron chi connectivity index (χ2n) is 5.40. The Morgan fingerprint density at radius 1 is 0.700 bits per heavy atom. The van der Waals surface area contributed by atoms with Crippen molar-refractivity contribution >= 4 is 21.9 Å². The van der Waals surface area contributed by atoms with Gasteiger partial charge >= 0.3 is 0 Å². The Balaban J connectivity index is 1.93. The summed E-state index contributed by atoms with van der Waals surface area (Å²) in [5.74, 6) is 0. The average Bonchev–Trinajstić information content (AvgIpc) is 3.05. The summed E-state index contributed by atoms with van der Waals surface area (Å²) >= 11 is 0. The SMILES string of the molecule is c1ccc2c(c1)Cc1c-2ccc2c1oc1ccccc12. The van der Waals surface area contributed by atoms with Crippen molar-refractivity contribution in [2.45, 2.75) is 6.42 Å². The van der Waals surface area contributed by atoms with Crippen LogP contribution >= 0.6 is 0 Å². The van der Waals surface area contributed by atoms with Crippen LogP contribution in [0.1, 0.15) is 11.1 Å². The van der Waals surface area contributed by atoms with Crippen LogP contribution in [0.15, 0.2) is 65.1 Å². The molecule has 0 spiro atoms. The number of benzene rings is 3. The largest absolute Gasteiger partial charge is 0.456 e. The van der Waals surface area contributed by atoms with Gasteiger partial charge in [-0.05, 0) is 28.8 Å². The highest BCUT2D eigenvalue weighted by atomic mass is 16.3. The average molecular weight is 256 g/mol. The van der Waals surface area contributed by atoms with E-state index in [1.165, 1.54) is 33.0 Å². The van der Waals surface area contributed by atoms with E-state index in [1.807, 2.05) is 12.1 Å². The molecule has 0 radical (unpaired) electrons. The molecule has 4 aromatic rings. The topological polar surface area (TPSA) is 13.1 Å². The van der Waals surface area contributed by atoms with Gasteiger partial charge in [0.2, 0.25) is 0 Å². The number of hydrogen-bond donors (Lipinski definition) is 0. The van der Waals surface area contributed by atoms with Crippen LogP contribution in [0, 0.1) is 0 Å². The van der Waals surface area contributed by atoms with Gasteiger partial charge in [0.15, 0.2) is 0 Å². The Labute approximate surface area is 116 Å². The maximum Gasteiger partial charge on any atom is 0.139 e. The van der Waals surface area contributed by atoms with Gasteiger partial charge in [0.1, 0.15) is 11.2 Å². The predicted octanol–water partition coefficient (Wildman–Crippen LogP) is 5.16. The third-order valence-corrected chi connectivity index (χ3v) is 4.32. The van der Waals surface area contributed by atoms with Crippen LogP contribution in [0.4, 0.5) is 0 Å². The molecule has 1 nitrogen and oxygen atoms in total. The normalized spacial score (nSPS) is 12.8. The lowest BCUT2D eigenvalue weighted by atomic mass is 10.0. The Kier molecular flexibility index (Phi) is 1.80. The fourth-order valence-electron chi connectivity index (χ4n) is 3.40. The lowest BCUT2D eigenvalue weighted by Gasteiger charge is -2.00. The highest BCUT2D eigenvalue weighted by Crippen LogP contribution is 2.42. The summed E-state index contributed by atoms with van der Waals surface area (Å²) < 4.78 is 6.13. The fourth-order valence-corrected chi connectivity index (χ4v) is 3.40. The molecule has 5 rings (SSSR count). The van der Waals surface area contributed by atoms with Crippen LogP contribution in [-0.2, 0) is 6.42 Å². The lowest BCUT2D eigenvalue weighted by molar-refractivity contribution is 0.665. The third-order valence-electron chi connectivity index (χ3n) is 4.32. The molecule has 1 heterocycles. The highest BCUT2D eigenvalue weighted by Gasteiger charge is 2.22. The Morgan fingerprint density at radius 2 is 1.55 bits per heavy atom. The van der Waals surface area contributed by atoms with Crippen molar-refractivity contribution in [2.24, 2.45) is 0 Å². The molecule has 0 bridgehead atoms. The molecule has 0 saturated carbocycles. The smallest absolute Gasteiger partial charge is 0.139 e. The molecule has 1 aliphatic carbocycles. The molecule has 0 atom stereocenters. The van der Waals surface area contributed by atoms with E-state index in [9.17, 15) is 0 Å². The van der Waals surface area contributed by atoms with Crippen molar-refractivity contribution < 1.29 is 4.42 Å². The lowest BCUT2D eigenvalue weighted by Crippen LogP contribution is -1.80. The number of fused-ring (bicyclic) bond motifs is 7. The minimum atomic E-state index is 0.975. The van der Waals surface area contributed by atoms with Gasteiger partial charge < -0.3 is 4.42 Å². The van der Waals surface area contributed by atoms with Gasteiger partial charge in [-0.3, -0.25) is 0 Å². The second-order valence-corrected chi connectivity index (χ2v) is 5.40. The summed E-state index contributed by atoms with van der Waals surface area (Å²) in [5.41, 5.74) is 7.44. The van der Waals surface area contributed by atoms with E-state index in [0.717, 1.165) is 17.6 Å². The van der Waals surface area contributed by atoms with E-state index in [-0.39, 0.29) is 0 Å². The van der Waals surface area contributed by atoms with Crippen LogP contribution in [0.25, 0.3) is 33.1 Å². The molecule has 0 saturated heterocycles. The molecule has 1 heteroatoms. The standard InChI is InChI=1S/C19H12O/c1-2-6-13-12(5-1)11-17-14(13)9-10-16-15-7-3-4-8-18(15)20-19(16)17/h1-10H,11H2. The Hall–Kier alpha value is -2.54. The van der Waals surface area contributed by atoms with Crippen LogP contribution < -0.4 is 0 Å². The molecule has 0 N–H and O–H groups in total. The van der Waals surface area contributed by atoms with Crippen molar-refractivity contribution in [3.63, 3.8) is 0 Å². The summed E-state index contributed by atoms with van der Waals surface area (Å²) in [6, 6.07) is 21.3. The minimum Gasteiger partial charge on any atom is -0.456 e. The van der Waals surface area contributed by atoms with Gasteiger partial charge in [0.05, 0.1) is 0 Å². The molecule has 0 amide bonds. The number of para-hydroxylation sites is 1. The van der Waals surface area contributed by atoms with E-state index in [1.54, 1.807) is 0 Å². The molecule has 1 aromatic heterocycles. The first-order valence-electron chi connectivity index (χ1n) is 6.93. The van der Waals surface area contributed by atoms with E-state index in [0.29, 0.717) is 0 Å². The monoisotopic (exact) mass is 256 g/mol. The van der Waals surface area contributed by atoms with Crippen LogP contribution in [-0.4, -0.2) is 0 Å². The van der Waals surface area contributed by atoms with Crippen molar-refractivity contribution in [2.75, 3.05) is 0 Å². The van der Waals surface area contributed by atoms with Crippen molar-refractivity contribution in [1.29, 1.82) is 0 Å². The zero-order valence-electron chi connectivity index (χ0n) is 10.9. The molecule has 20 heavy (non-hydrogen) atoms. The van der Waals surface area contributed by atoms with Gasteiger partial charge in [0, 0.05) is 22.8 Å². The van der Waals surface area contributed by atoms with E-state index >= 15 is 0 Å². The summed E-state index contributed by atoms with van der Waals surface area (Å²) in [6.07, 6.45) is 0.975.